The Morgan fingerprint density at radius 2 is 2.19 bits per heavy atom. The van der Waals surface area contributed by atoms with Gasteiger partial charge in [-0.1, -0.05) is 18.2 Å². The number of likely N-dealkylation sites (N-methyl/N-ethyl adjacent to an activating group) is 1. The van der Waals surface area contributed by atoms with Crippen LogP contribution in [0, 0.1) is 11.8 Å². The number of ether oxygens (including phenoxy) is 1. The normalized spacial score (nSPS) is 31.6. The molecular formula is C25H36N4O2. The van der Waals surface area contributed by atoms with E-state index in [1.54, 1.807) is 7.11 Å². The van der Waals surface area contributed by atoms with Crippen molar-refractivity contribution in [3.8, 4) is 0 Å². The number of piperidine rings is 2. The summed E-state index contributed by atoms with van der Waals surface area (Å²) in [5.74, 6) is 1.26. The van der Waals surface area contributed by atoms with Crippen LogP contribution in [0.2, 0.25) is 0 Å². The Bertz CT molecular complexity index is 954. The number of amides is 1. The van der Waals surface area contributed by atoms with Crippen molar-refractivity contribution in [3.63, 3.8) is 0 Å². The minimum atomic E-state index is -0.503. The molecule has 3 aliphatic heterocycles. The molecule has 1 saturated carbocycles. The smallest absolute Gasteiger partial charge is 0.233 e. The highest BCUT2D eigenvalue weighted by atomic mass is 16.5. The average Bonchev–Trinajstić information content (AvgIpc) is 3.10. The highest BCUT2D eigenvalue weighted by Crippen LogP contribution is 2.55. The molecule has 4 heterocycles. The molecule has 2 unspecified atom stereocenters. The lowest BCUT2D eigenvalue weighted by Crippen LogP contribution is -2.69. The van der Waals surface area contributed by atoms with Crippen molar-refractivity contribution in [1.29, 1.82) is 0 Å². The number of H-pyrrole nitrogens is 1. The summed E-state index contributed by atoms with van der Waals surface area (Å²) in [7, 11) is 5.89. The van der Waals surface area contributed by atoms with Crippen molar-refractivity contribution in [2.75, 3.05) is 54.0 Å². The number of carbonyl (C=O) groups excluding carboxylic acids is 1. The summed E-state index contributed by atoms with van der Waals surface area (Å²) < 4.78 is 5.48. The molecule has 1 aliphatic carbocycles. The van der Waals surface area contributed by atoms with Crippen LogP contribution in [0.15, 0.2) is 24.3 Å². The summed E-state index contributed by atoms with van der Waals surface area (Å²) in [6.07, 6.45) is 4.20. The first-order valence-electron chi connectivity index (χ1n) is 11.8. The standard InChI is InChI=1S/C25H36N4O2/c1-28(2)12-10-26-24(30)25-15-17-14-18(9-13-31-3)23(25)29(16-17)11-8-20-19-6-4-5-7-21(19)27-22(20)25/h4-7,17-18,23,27H,8-16H2,1-3H3,(H,26,30)/t17?,18-,23-,25+/m0/s1. The molecule has 6 rings (SSSR count). The Kier molecular flexibility index (Phi) is 5.57. The molecule has 4 bridgehead atoms. The minimum Gasteiger partial charge on any atom is -0.385 e. The molecule has 1 aromatic heterocycles. The third-order valence-corrected chi connectivity index (χ3v) is 7.94. The summed E-state index contributed by atoms with van der Waals surface area (Å²) in [5.41, 5.74) is 3.21. The lowest BCUT2D eigenvalue weighted by atomic mass is 9.56. The molecule has 4 aliphatic rings. The minimum absolute atomic E-state index is 0.214. The van der Waals surface area contributed by atoms with Gasteiger partial charge in [-0.25, -0.2) is 0 Å². The Hall–Kier alpha value is -1.89. The Morgan fingerprint density at radius 1 is 1.35 bits per heavy atom. The molecule has 0 spiro atoms. The second-order valence-corrected chi connectivity index (χ2v) is 10.1. The van der Waals surface area contributed by atoms with Crippen LogP contribution in [0.4, 0.5) is 0 Å². The van der Waals surface area contributed by atoms with Crippen LogP contribution in [-0.4, -0.2) is 80.7 Å². The van der Waals surface area contributed by atoms with Crippen molar-refractivity contribution in [1.82, 2.24) is 20.1 Å². The van der Waals surface area contributed by atoms with Crippen molar-refractivity contribution in [3.05, 3.63) is 35.5 Å². The monoisotopic (exact) mass is 424 g/mol. The topological polar surface area (TPSA) is 60.6 Å². The van der Waals surface area contributed by atoms with Crippen LogP contribution in [-0.2, 0) is 21.4 Å². The number of hydrogen-bond donors (Lipinski definition) is 2. The van der Waals surface area contributed by atoms with Gasteiger partial charge in [0.2, 0.25) is 5.91 Å². The molecule has 0 radical (unpaired) electrons. The SMILES string of the molecule is COCC[C@H]1CC2CN3CCc4c([nH]c5ccccc45)[C@](C(=O)NCCN(C)C)(C2)[C@H]13. The molecule has 31 heavy (non-hydrogen) atoms. The molecule has 2 N–H and O–H groups in total. The van der Waals surface area contributed by atoms with E-state index in [0.717, 1.165) is 51.0 Å². The highest BCUT2D eigenvalue weighted by Gasteiger charge is 2.62. The van der Waals surface area contributed by atoms with E-state index >= 15 is 0 Å². The summed E-state index contributed by atoms with van der Waals surface area (Å²) in [6, 6.07) is 8.81. The van der Waals surface area contributed by atoms with E-state index in [1.165, 1.54) is 23.1 Å². The number of rotatable bonds is 7. The molecule has 6 nitrogen and oxygen atoms in total. The fraction of sp³-hybridized carbons (Fsp3) is 0.640. The summed E-state index contributed by atoms with van der Waals surface area (Å²) >= 11 is 0. The molecule has 5 atom stereocenters. The first-order chi connectivity index (χ1) is 15.0. The predicted molar refractivity (Wildman–Crippen MR) is 123 cm³/mol. The third kappa shape index (κ3) is 3.40. The fourth-order valence-corrected chi connectivity index (χ4v) is 6.83. The zero-order valence-electron chi connectivity index (χ0n) is 19.1. The molecule has 3 fully saturated rings. The van der Waals surface area contributed by atoms with Crippen LogP contribution in [0.3, 0.4) is 0 Å². The van der Waals surface area contributed by atoms with Crippen LogP contribution in [0.5, 0.6) is 0 Å². The highest BCUT2D eigenvalue weighted by molar-refractivity contribution is 5.94. The number of aromatic nitrogens is 1. The van der Waals surface area contributed by atoms with Crippen LogP contribution < -0.4 is 5.32 Å². The number of nitrogens with zero attached hydrogens (tertiary/aromatic N) is 2. The molecule has 2 aromatic rings. The number of methoxy groups -OCH3 is 1. The lowest BCUT2D eigenvalue weighted by Gasteiger charge is -2.58. The van der Waals surface area contributed by atoms with E-state index in [-0.39, 0.29) is 11.9 Å². The first kappa shape index (κ1) is 21.0. The lowest BCUT2D eigenvalue weighted by molar-refractivity contribution is -0.142. The van der Waals surface area contributed by atoms with Gasteiger partial charge < -0.3 is 19.9 Å². The van der Waals surface area contributed by atoms with E-state index in [2.05, 4.69) is 58.5 Å². The zero-order chi connectivity index (χ0) is 21.6. The quantitative estimate of drug-likeness (QED) is 0.717. The maximum absolute atomic E-state index is 14.1. The van der Waals surface area contributed by atoms with Crippen molar-refractivity contribution in [2.24, 2.45) is 11.8 Å². The van der Waals surface area contributed by atoms with Crippen LogP contribution >= 0.6 is 0 Å². The van der Waals surface area contributed by atoms with Gasteiger partial charge in [-0.05, 0) is 63.2 Å². The van der Waals surface area contributed by atoms with Gasteiger partial charge in [0.05, 0.1) is 0 Å². The number of carbonyl (C=O) groups is 1. The Morgan fingerprint density at radius 3 is 3.00 bits per heavy atom. The predicted octanol–water partition coefficient (Wildman–Crippen LogP) is 2.39. The molecule has 6 heteroatoms. The van der Waals surface area contributed by atoms with E-state index < -0.39 is 5.41 Å². The summed E-state index contributed by atoms with van der Waals surface area (Å²) in [6.45, 7) is 4.46. The van der Waals surface area contributed by atoms with Gasteiger partial charge in [0, 0.05) is 62.5 Å². The van der Waals surface area contributed by atoms with E-state index in [9.17, 15) is 4.79 Å². The van der Waals surface area contributed by atoms with E-state index in [1.807, 2.05) is 0 Å². The maximum atomic E-state index is 14.1. The molecular weight excluding hydrogens is 388 g/mol. The Labute approximate surface area is 185 Å². The van der Waals surface area contributed by atoms with Gasteiger partial charge in [-0.15, -0.1) is 0 Å². The maximum Gasteiger partial charge on any atom is 0.233 e. The van der Waals surface area contributed by atoms with Crippen molar-refractivity contribution >= 4 is 16.8 Å². The largest absolute Gasteiger partial charge is 0.385 e. The van der Waals surface area contributed by atoms with Gasteiger partial charge in [0.15, 0.2) is 0 Å². The third-order valence-electron chi connectivity index (χ3n) is 7.94. The molecule has 168 valence electrons. The second kappa shape index (κ2) is 8.23. The van der Waals surface area contributed by atoms with Gasteiger partial charge in [0.25, 0.3) is 0 Å². The van der Waals surface area contributed by atoms with Crippen LogP contribution in [0.25, 0.3) is 10.9 Å². The van der Waals surface area contributed by atoms with Crippen LogP contribution in [0.1, 0.15) is 30.5 Å². The number of aromatic amines is 1. The molecule has 1 amide bonds. The van der Waals surface area contributed by atoms with Gasteiger partial charge >= 0.3 is 0 Å². The van der Waals surface area contributed by atoms with Crippen molar-refractivity contribution < 1.29 is 9.53 Å². The van der Waals surface area contributed by atoms with Gasteiger partial charge in [-0.2, -0.15) is 0 Å². The molecule has 1 aromatic carbocycles. The van der Waals surface area contributed by atoms with E-state index in [4.69, 9.17) is 4.74 Å². The number of hydrogen-bond acceptors (Lipinski definition) is 4. The van der Waals surface area contributed by atoms with Crippen molar-refractivity contribution in [2.45, 2.75) is 37.1 Å². The summed E-state index contributed by atoms with van der Waals surface area (Å²) in [4.78, 5) is 22.6. The number of nitrogens with one attached hydrogen (secondary N) is 2. The van der Waals surface area contributed by atoms with E-state index in [0.29, 0.717) is 18.4 Å². The Balaban J connectivity index is 1.62. The number of para-hydroxylation sites is 1. The van der Waals surface area contributed by atoms with Gasteiger partial charge in [-0.3, -0.25) is 9.69 Å². The molecule has 2 saturated heterocycles. The fourth-order valence-electron chi connectivity index (χ4n) is 6.83. The first-order valence-corrected chi connectivity index (χ1v) is 11.8. The zero-order valence-corrected chi connectivity index (χ0v) is 19.1. The number of benzene rings is 1. The summed E-state index contributed by atoms with van der Waals surface area (Å²) in [5, 5.41) is 4.63. The average molecular weight is 425 g/mol. The number of fused-ring (bicyclic) bond motifs is 4. The second-order valence-electron chi connectivity index (χ2n) is 10.1. The van der Waals surface area contributed by atoms with Gasteiger partial charge in [0.1, 0.15) is 5.41 Å².